The van der Waals surface area contributed by atoms with Gasteiger partial charge in [0, 0.05) is 110 Å². The van der Waals surface area contributed by atoms with E-state index in [1.807, 2.05) is 0 Å². The largest absolute Gasteiger partial charge is 0.458 e. The van der Waals surface area contributed by atoms with Gasteiger partial charge in [0.05, 0.1) is 6.42 Å². The average Bonchev–Trinajstić information content (AvgIpc) is 1.55. The molecule has 13 aliphatic heterocycles. The molecule has 7 saturated carbocycles. The molecule has 20 rings (SSSR count). The normalized spacial score (nSPS) is 46.4. The Morgan fingerprint density at radius 1 is 0.333 bits per heavy atom. The number of aliphatic hydroxyl groups excluding tert-OH is 4. The van der Waals surface area contributed by atoms with Crippen LogP contribution in [0.1, 0.15) is 157 Å². The summed E-state index contributed by atoms with van der Waals surface area (Å²) in [7, 11) is 0. The number of carbonyl (C=O) groups is 10. The second-order valence-corrected chi connectivity index (χ2v) is 34.1. The molecule has 47 heteroatoms. The quantitative estimate of drug-likeness (QED) is 0.139. The lowest BCUT2D eigenvalue weighted by atomic mass is 9.91. The van der Waals surface area contributed by atoms with Gasteiger partial charge in [-0.15, -0.1) is 0 Å². The van der Waals surface area contributed by atoms with Gasteiger partial charge in [0.15, 0.2) is 121 Å². The van der Waals surface area contributed by atoms with Gasteiger partial charge in [0.1, 0.15) is 48.8 Å². The van der Waals surface area contributed by atoms with Crippen molar-refractivity contribution in [3.8, 4) is 0 Å². The van der Waals surface area contributed by atoms with Gasteiger partial charge in [-0.3, -0.25) is 4.79 Å². The maximum atomic E-state index is 13.0. The highest BCUT2D eigenvalue weighted by Crippen LogP contribution is 2.62. The number of halogens is 10. The summed E-state index contributed by atoms with van der Waals surface area (Å²) in [6.45, 7) is 2.51. The third-order valence-electron chi connectivity index (χ3n) is 25.2. The molecule has 5 spiro atoms. The first-order chi connectivity index (χ1) is 56.0. The van der Waals surface area contributed by atoms with Gasteiger partial charge in [-0.1, -0.05) is 0 Å². The topological polar surface area (TPSA) is 464 Å². The van der Waals surface area contributed by atoms with E-state index in [1.54, 1.807) is 0 Å². The maximum absolute atomic E-state index is 13.0. The van der Waals surface area contributed by atoms with Crippen LogP contribution in [0, 0.1) is 23.7 Å². The molecule has 0 amide bonds. The summed E-state index contributed by atoms with van der Waals surface area (Å²) in [4.78, 5) is 113. The van der Waals surface area contributed by atoms with E-state index in [9.17, 15) is 112 Å². The van der Waals surface area contributed by atoms with Gasteiger partial charge in [0.2, 0.25) is 12.6 Å². The Balaban J connectivity index is 0.000000112. The molecule has 7 aliphatic carbocycles. The molecule has 0 radical (unpaired) electrons. The number of hydrogen-bond acceptors (Lipinski definition) is 37. The van der Waals surface area contributed by atoms with Crippen LogP contribution in [-0.4, -0.2) is 292 Å². The molecule has 28 atom stereocenters. The first-order valence-corrected chi connectivity index (χ1v) is 39.4. The van der Waals surface area contributed by atoms with Crippen LogP contribution < -0.4 is 0 Å². The zero-order chi connectivity index (χ0) is 86.2. The highest BCUT2D eigenvalue weighted by molar-refractivity contribution is 5.81. The van der Waals surface area contributed by atoms with Crippen molar-refractivity contribution < 1.29 is 221 Å². The lowest BCUT2D eigenvalue weighted by Crippen LogP contribution is -2.45. The van der Waals surface area contributed by atoms with Crippen LogP contribution in [0.3, 0.4) is 0 Å². The number of rotatable bonds is 10. The molecule has 4 N–H and O–H groups in total. The molecule has 120 heavy (non-hydrogen) atoms. The van der Waals surface area contributed by atoms with E-state index < -0.39 is 260 Å². The lowest BCUT2D eigenvalue weighted by molar-refractivity contribution is -0.261. The molecule has 0 aromatic rings. The standard InChI is InChI=1S/C16H18F2O8.C15H18F2O8.C15H18F2O7.C14H16F2O7.C13H16F2O7/c1-15(17,18)14(21)22-7-3-6-2-5(7)4-16(6)25-11-10-9(24-13(11)26-16)8(19)12(20)23-10;1-14(16,17)13(20)21-6-2-4-15(5-3-6)24-10-9-8(23-12(10)25-15)7(18)11(19)22-9;1-14(16,17)13(19)20-7-2-4-15(5-3-7)23-11-10-8(6-9(18)22-10)21-12(11)24-15;1-13(15,16)12(19)20-7-3-6-2-5(7)4-14(6)22-9-8(17)10(18)21-11(9)23-14;1-12(14,15)11(18)19-6-2-4-13(5-3-6)21-8-7(16)9(17)20-10(8)22-13/h5-11,13,19H,2-4H2,1H3;6-10,12,18H,2-5H2,1H3;7-8,10-12H,2-6H2,1H3;5-9,11,17H,2-4H2,1H3;6-8,10,16H,2-5H2,1H3. The highest BCUT2D eigenvalue weighted by atomic mass is 19.3. The number of esters is 10. The Labute approximate surface area is 671 Å². The summed E-state index contributed by atoms with van der Waals surface area (Å²) in [5.41, 5.74) is 0. The predicted molar refractivity (Wildman–Crippen MR) is 347 cm³/mol. The Bertz CT molecular complexity index is 4000. The van der Waals surface area contributed by atoms with Crippen molar-refractivity contribution in [3.63, 3.8) is 0 Å². The number of carbonyl (C=O) groups excluding carboxylic acids is 10. The van der Waals surface area contributed by atoms with E-state index in [-0.39, 0.29) is 67.8 Å². The molecule has 20 aliphatic rings. The Morgan fingerprint density at radius 2 is 0.633 bits per heavy atom. The monoisotopic (exact) mass is 1740 g/mol. The second kappa shape index (κ2) is 30.9. The molecular weight excluding hydrogens is 1660 g/mol. The minimum absolute atomic E-state index is 0.134. The lowest BCUT2D eigenvalue weighted by Gasteiger charge is -2.36. The van der Waals surface area contributed by atoms with Crippen LogP contribution >= 0.6 is 0 Å². The average molecular weight is 1750 g/mol. The molecular formula is C73H86F10O37. The summed E-state index contributed by atoms with van der Waals surface area (Å²) < 4.78 is 254. The van der Waals surface area contributed by atoms with E-state index in [0.717, 1.165) is 0 Å². The molecule has 13 saturated heterocycles. The van der Waals surface area contributed by atoms with Crippen LogP contribution in [-0.2, 0) is 157 Å². The van der Waals surface area contributed by atoms with E-state index >= 15 is 0 Å². The summed E-state index contributed by atoms with van der Waals surface area (Å²) in [6.07, 6.45) is -13.2. The molecule has 37 nitrogen and oxygen atoms in total. The molecule has 0 aromatic carbocycles. The fraction of sp³-hybridized carbons (Fsp3) is 0.863. The van der Waals surface area contributed by atoms with Crippen LogP contribution in [0.4, 0.5) is 43.9 Å². The first kappa shape index (κ1) is 86.8. The number of ether oxygens (including phenoxy) is 23. The van der Waals surface area contributed by atoms with Crippen molar-refractivity contribution in [3.05, 3.63) is 0 Å². The fourth-order valence-electron chi connectivity index (χ4n) is 19.3. The smallest absolute Gasteiger partial charge is 0.376 e. The molecule has 13 heterocycles. The zero-order valence-electron chi connectivity index (χ0n) is 64.2. The Hall–Kier alpha value is -6.68. The van der Waals surface area contributed by atoms with E-state index in [0.29, 0.717) is 125 Å². The van der Waals surface area contributed by atoms with Gasteiger partial charge in [0.25, 0.3) is 0 Å². The van der Waals surface area contributed by atoms with Gasteiger partial charge in [-0.05, 0) is 64.2 Å². The number of aliphatic hydroxyl groups is 4. The van der Waals surface area contributed by atoms with Crippen molar-refractivity contribution in [1.29, 1.82) is 0 Å². The Morgan fingerprint density at radius 3 is 1.00 bits per heavy atom. The van der Waals surface area contributed by atoms with Gasteiger partial charge < -0.3 is 129 Å². The third-order valence-corrected chi connectivity index (χ3v) is 25.2. The van der Waals surface area contributed by atoms with E-state index in [4.69, 9.17) is 109 Å². The molecule has 0 aromatic heterocycles. The van der Waals surface area contributed by atoms with Crippen LogP contribution in [0.25, 0.3) is 0 Å². The van der Waals surface area contributed by atoms with Gasteiger partial charge in [-0.25, -0.2) is 43.2 Å². The molecule has 28 unspecified atom stereocenters. The number of alkyl halides is 10. The number of hydrogen-bond donors (Lipinski definition) is 4. The van der Waals surface area contributed by atoms with Gasteiger partial charge in [-0.2, -0.15) is 43.9 Å². The maximum Gasteiger partial charge on any atom is 0.376 e. The SMILES string of the molecule is CC(F)(F)C(=O)OC1CC2CC1CC21OC2OC(=O)C(O)C2O1.CC(F)(F)C(=O)OC1CC2CC1CC21OC2OC3C(O)C(=O)OC3C2O1.CC(F)(F)C(=O)OC1CCC2(CC1)OC1OC(=O)C(O)C1O2.CC(F)(F)C(=O)OC1CCC2(CC1)OC1OC3C(O)C(=O)OC3C1O2.CC(F)(F)C(=O)OC1CCC2(CC1)OC1OC3CC(=O)OC3C1O2. The van der Waals surface area contributed by atoms with Crippen LogP contribution in [0.15, 0.2) is 0 Å². The fourth-order valence-corrected chi connectivity index (χ4v) is 19.3. The van der Waals surface area contributed by atoms with Crippen molar-refractivity contribution in [2.75, 3.05) is 0 Å². The number of fused-ring (bicyclic) bond motifs is 17. The van der Waals surface area contributed by atoms with Crippen LogP contribution in [0.5, 0.6) is 0 Å². The second-order valence-electron chi connectivity index (χ2n) is 34.1. The minimum Gasteiger partial charge on any atom is -0.458 e. The summed E-state index contributed by atoms with van der Waals surface area (Å²) >= 11 is 0. The highest BCUT2D eigenvalue weighted by Gasteiger charge is 2.73. The molecule has 4 bridgehead atoms. The first-order valence-electron chi connectivity index (χ1n) is 39.4. The summed E-state index contributed by atoms with van der Waals surface area (Å²) in [5, 5.41) is 38.8. The summed E-state index contributed by atoms with van der Waals surface area (Å²) in [6, 6.07) is 0. The minimum atomic E-state index is -3.53. The molecule has 20 fully saturated rings. The van der Waals surface area contributed by atoms with Crippen molar-refractivity contribution in [1.82, 2.24) is 0 Å². The van der Waals surface area contributed by atoms with E-state index in [1.165, 1.54) is 0 Å². The van der Waals surface area contributed by atoms with Crippen LogP contribution in [0.2, 0.25) is 0 Å². The van der Waals surface area contributed by atoms with Crippen molar-refractivity contribution in [2.24, 2.45) is 23.7 Å². The van der Waals surface area contributed by atoms with Crippen molar-refractivity contribution >= 4 is 59.7 Å². The van der Waals surface area contributed by atoms with E-state index in [2.05, 4.69) is 0 Å². The zero-order valence-corrected chi connectivity index (χ0v) is 64.2. The van der Waals surface area contributed by atoms with Gasteiger partial charge >= 0.3 is 89.3 Å². The third kappa shape index (κ3) is 16.4. The predicted octanol–water partition coefficient (Wildman–Crippen LogP) is 2.46. The molecule has 670 valence electrons. The Kier molecular flexibility index (Phi) is 22.3. The van der Waals surface area contributed by atoms with Crippen molar-refractivity contribution in [2.45, 2.75) is 369 Å². The summed E-state index contributed by atoms with van der Waals surface area (Å²) in [5.74, 6) is -34.1.